The molecule has 2 saturated heterocycles. The second kappa shape index (κ2) is 8.47. The summed E-state index contributed by atoms with van der Waals surface area (Å²) in [5.41, 5.74) is 2.33. The first kappa shape index (κ1) is 20.8. The number of rotatable bonds is 5. The van der Waals surface area contributed by atoms with E-state index >= 15 is 0 Å². The summed E-state index contributed by atoms with van der Waals surface area (Å²) < 4.78 is 5.78. The van der Waals surface area contributed by atoms with Crippen LogP contribution in [-0.2, 0) is 16.8 Å². The third-order valence-corrected chi connectivity index (χ3v) is 6.87. The van der Waals surface area contributed by atoms with E-state index in [4.69, 9.17) is 4.74 Å². The van der Waals surface area contributed by atoms with Crippen LogP contribution in [0.25, 0.3) is 0 Å². The summed E-state index contributed by atoms with van der Waals surface area (Å²) in [4.78, 5) is 32.3. The van der Waals surface area contributed by atoms with Crippen molar-refractivity contribution in [3.63, 3.8) is 0 Å². The number of hydrogen-bond acceptors (Lipinski definition) is 5. The van der Waals surface area contributed by atoms with E-state index < -0.39 is 5.54 Å². The molecule has 2 aliphatic heterocycles. The number of imide groups is 1. The van der Waals surface area contributed by atoms with Crippen LogP contribution in [0.15, 0.2) is 48.5 Å². The fourth-order valence-electron chi connectivity index (χ4n) is 5.27. The lowest BCUT2D eigenvalue weighted by Gasteiger charge is -2.38. The molecule has 0 bridgehead atoms. The van der Waals surface area contributed by atoms with Crippen LogP contribution in [0.2, 0.25) is 0 Å². The minimum Gasteiger partial charge on any atom is -0.492 e. The number of fused-ring (bicyclic) bond motifs is 2. The Labute approximate surface area is 188 Å². The minimum absolute atomic E-state index is 0.112. The first-order valence-electron chi connectivity index (χ1n) is 11.5. The van der Waals surface area contributed by atoms with Crippen molar-refractivity contribution in [2.24, 2.45) is 0 Å². The number of ether oxygens (including phenoxy) is 1. The molecule has 1 N–H and O–H groups in total. The van der Waals surface area contributed by atoms with Crippen LogP contribution in [0, 0.1) is 0 Å². The van der Waals surface area contributed by atoms with Gasteiger partial charge in [0.25, 0.3) is 5.91 Å². The van der Waals surface area contributed by atoms with Crippen molar-refractivity contribution in [1.29, 1.82) is 0 Å². The van der Waals surface area contributed by atoms with Crippen LogP contribution in [0.4, 0.5) is 10.5 Å². The number of nitrogens with zero attached hydrogens (tertiary/aromatic N) is 3. The van der Waals surface area contributed by atoms with Gasteiger partial charge in [0.05, 0.1) is 19.0 Å². The third kappa shape index (κ3) is 3.50. The van der Waals surface area contributed by atoms with Crippen LogP contribution in [-0.4, -0.2) is 61.2 Å². The molecule has 0 unspecified atom stereocenters. The Bertz CT molecular complexity index is 1020. The highest BCUT2D eigenvalue weighted by molar-refractivity contribution is 6.07. The topological polar surface area (TPSA) is 65.1 Å². The van der Waals surface area contributed by atoms with E-state index in [9.17, 15) is 9.59 Å². The monoisotopic (exact) mass is 434 g/mol. The molecule has 2 aromatic carbocycles. The van der Waals surface area contributed by atoms with Crippen molar-refractivity contribution in [1.82, 2.24) is 15.1 Å². The Morgan fingerprint density at radius 3 is 2.56 bits per heavy atom. The number of anilines is 1. The number of amides is 3. The maximum atomic E-state index is 13.5. The molecule has 7 heteroatoms. The highest BCUT2D eigenvalue weighted by atomic mass is 16.5. The third-order valence-electron chi connectivity index (χ3n) is 6.87. The van der Waals surface area contributed by atoms with Crippen molar-refractivity contribution >= 4 is 17.6 Å². The Morgan fingerprint density at radius 1 is 1.00 bits per heavy atom. The Hall–Kier alpha value is -3.06. The number of urea groups is 1. The first-order chi connectivity index (χ1) is 15.6. The van der Waals surface area contributed by atoms with E-state index in [-0.39, 0.29) is 11.9 Å². The summed E-state index contributed by atoms with van der Waals surface area (Å²) in [6, 6.07) is 15.8. The van der Waals surface area contributed by atoms with Gasteiger partial charge in [-0.2, -0.15) is 0 Å². The van der Waals surface area contributed by atoms with Crippen LogP contribution in [0.1, 0.15) is 30.9 Å². The van der Waals surface area contributed by atoms with E-state index in [1.54, 1.807) is 0 Å². The molecule has 3 amide bonds. The van der Waals surface area contributed by atoms with Gasteiger partial charge in [-0.25, -0.2) is 9.69 Å². The van der Waals surface area contributed by atoms with Gasteiger partial charge in [0.2, 0.25) is 0 Å². The molecule has 1 spiro atoms. The molecule has 0 radical (unpaired) electrons. The van der Waals surface area contributed by atoms with E-state index in [0.29, 0.717) is 19.7 Å². The van der Waals surface area contributed by atoms with E-state index in [1.165, 1.54) is 4.90 Å². The zero-order chi connectivity index (χ0) is 22.1. The largest absolute Gasteiger partial charge is 0.492 e. The molecule has 2 fully saturated rings. The predicted octanol–water partition coefficient (Wildman–Crippen LogP) is 2.95. The summed E-state index contributed by atoms with van der Waals surface area (Å²) in [6.07, 6.45) is 2.51. The molecule has 0 aromatic heterocycles. The number of carbonyl (C=O) groups excluding carboxylic acids is 2. The SMILES string of the molecule is CCOc1ccccc1N1CCN(CN2C(=O)N[C@]3(CCCc4ccccc43)C2=O)CC1. The van der Waals surface area contributed by atoms with Crippen molar-refractivity contribution in [2.75, 3.05) is 44.4 Å². The molecule has 3 aliphatic rings. The molecule has 7 nitrogen and oxygen atoms in total. The Balaban J connectivity index is 1.27. The van der Waals surface area contributed by atoms with Crippen LogP contribution >= 0.6 is 0 Å². The maximum Gasteiger partial charge on any atom is 0.326 e. The number of hydrogen-bond donors (Lipinski definition) is 1. The fourth-order valence-corrected chi connectivity index (χ4v) is 5.27. The summed E-state index contributed by atoms with van der Waals surface area (Å²) >= 11 is 0. The molecule has 2 aromatic rings. The van der Waals surface area contributed by atoms with E-state index in [2.05, 4.69) is 27.2 Å². The Kier molecular flexibility index (Phi) is 5.51. The zero-order valence-corrected chi connectivity index (χ0v) is 18.5. The summed E-state index contributed by atoms with van der Waals surface area (Å²) in [5.74, 6) is 0.786. The van der Waals surface area contributed by atoms with Crippen LogP contribution in [0.5, 0.6) is 5.75 Å². The smallest absolute Gasteiger partial charge is 0.326 e. The Morgan fingerprint density at radius 2 is 1.75 bits per heavy atom. The molecule has 1 aliphatic carbocycles. The standard InChI is InChI=1S/C25H30N4O3/c1-2-32-22-12-6-5-11-21(22)28-16-14-27(15-17-28)18-29-23(30)25(26-24(29)31)13-7-9-19-8-3-4-10-20(19)25/h3-6,8,10-12H,2,7,9,13-18H2,1H3,(H,26,31)/t25-/m0/s1. The lowest BCUT2D eigenvalue weighted by atomic mass is 9.76. The van der Waals surface area contributed by atoms with Gasteiger partial charge in [-0.05, 0) is 49.4 Å². The van der Waals surface area contributed by atoms with Crippen molar-refractivity contribution in [3.05, 3.63) is 59.7 Å². The molecule has 168 valence electrons. The predicted molar refractivity (Wildman–Crippen MR) is 123 cm³/mol. The van der Waals surface area contributed by atoms with Gasteiger partial charge in [-0.15, -0.1) is 0 Å². The number of aryl methyl sites for hydroxylation is 1. The summed E-state index contributed by atoms with van der Waals surface area (Å²) in [6.45, 7) is 6.15. The number of carbonyl (C=O) groups is 2. The zero-order valence-electron chi connectivity index (χ0n) is 18.5. The average Bonchev–Trinajstić information content (AvgIpc) is 3.05. The molecule has 2 heterocycles. The van der Waals surface area contributed by atoms with Gasteiger partial charge in [0.1, 0.15) is 11.3 Å². The van der Waals surface area contributed by atoms with Gasteiger partial charge in [-0.1, -0.05) is 36.4 Å². The highest BCUT2D eigenvalue weighted by Crippen LogP contribution is 2.40. The van der Waals surface area contributed by atoms with Gasteiger partial charge in [0.15, 0.2) is 0 Å². The maximum absolute atomic E-state index is 13.5. The number of para-hydroxylation sites is 2. The van der Waals surface area contributed by atoms with E-state index in [0.717, 1.165) is 61.6 Å². The van der Waals surface area contributed by atoms with Gasteiger partial charge >= 0.3 is 6.03 Å². The van der Waals surface area contributed by atoms with Crippen molar-refractivity contribution in [3.8, 4) is 5.75 Å². The highest BCUT2D eigenvalue weighted by Gasteiger charge is 2.54. The van der Waals surface area contributed by atoms with Crippen molar-refractivity contribution < 1.29 is 14.3 Å². The lowest BCUT2D eigenvalue weighted by molar-refractivity contribution is -0.133. The second-order valence-electron chi connectivity index (χ2n) is 8.73. The number of piperazine rings is 1. The van der Waals surface area contributed by atoms with Gasteiger partial charge in [0, 0.05) is 26.2 Å². The lowest BCUT2D eigenvalue weighted by Crippen LogP contribution is -2.52. The molecule has 32 heavy (non-hydrogen) atoms. The molecule has 5 rings (SSSR count). The quantitative estimate of drug-likeness (QED) is 0.733. The molecule has 1 atom stereocenters. The summed E-state index contributed by atoms with van der Waals surface area (Å²) in [7, 11) is 0. The molecule has 0 saturated carbocycles. The molecular formula is C25H30N4O3. The average molecular weight is 435 g/mol. The van der Waals surface area contributed by atoms with Gasteiger partial charge < -0.3 is 15.0 Å². The molecular weight excluding hydrogens is 404 g/mol. The fraction of sp³-hybridized carbons (Fsp3) is 0.440. The van der Waals surface area contributed by atoms with Crippen molar-refractivity contribution in [2.45, 2.75) is 31.7 Å². The van der Waals surface area contributed by atoms with Crippen LogP contribution < -0.4 is 15.0 Å². The van der Waals surface area contributed by atoms with Gasteiger partial charge in [-0.3, -0.25) is 9.69 Å². The number of benzene rings is 2. The minimum atomic E-state index is -0.899. The second-order valence-corrected chi connectivity index (χ2v) is 8.73. The van der Waals surface area contributed by atoms with E-state index in [1.807, 2.05) is 43.3 Å². The summed E-state index contributed by atoms with van der Waals surface area (Å²) in [5, 5.41) is 3.05. The van der Waals surface area contributed by atoms with Crippen LogP contribution in [0.3, 0.4) is 0 Å². The normalized spacial score (nSPS) is 23.4. The number of nitrogens with one attached hydrogen (secondary N) is 1. The first-order valence-corrected chi connectivity index (χ1v) is 11.5.